The van der Waals surface area contributed by atoms with Crippen LogP contribution in [0.15, 0.2) is 46.9 Å². The fourth-order valence-electron chi connectivity index (χ4n) is 4.32. The van der Waals surface area contributed by atoms with E-state index in [2.05, 4.69) is 28.2 Å². The van der Waals surface area contributed by atoms with Crippen molar-refractivity contribution in [1.29, 1.82) is 0 Å². The molecule has 2 aromatic rings. The summed E-state index contributed by atoms with van der Waals surface area (Å²) in [7, 11) is 1.62. The highest BCUT2D eigenvalue weighted by molar-refractivity contribution is 9.10. The third-order valence-electron chi connectivity index (χ3n) is 6.36. The highest BCUT2D eigenvalue weighted by Crippen LogP contribution is 2.27. The number of halogens is 1. The zero-order valence-electron chi connectivity index (χ0n) is 20.3. The van der Waals surface area contributed by atoms with Crippen LogP contribution in [0.2, 0.25) is 0 Å². The maximum atomic E-state index is 13.4. The van der Waals surface area contributed by atoms with Gasteiger partial charge in [-0.3, -0.25) is 9.59 Å². The zero-order chi connectivity index (χ0) is 24.5. The van der Waals surface area contributed by atoms with Gasteiger partial charge in [-0.2, -0.15) is 0 Å². The summed E-state index contributed by atoms with van der Waals surface area (Å²) >= 11 is 3.53. The van der Waals surface area contributed by atoms with Gasteiger partial charge in [-0.25, -0.2) is 0 Å². The van der Waals surface area contributed by atoms with Gasteiger partial charge in [0.15, 0.2) is 6.61 Å². The summed E-state index contributed by atoms with van der Waals surface area (Å²) in [5.41, 5.74) is 2.11. The predicted octanol–water partition coefficient (Wildman–Crippen LogP) is 5.27. The van der Waals surface area contributed by atoms with Gasteiger partial charge in [-0.1, -0.05) is 44.9 Å². The highest BCUT2D eigenvalue weighted by Gasteiger charge is 2.31. The molecule has 1 fully saturated rings. The Labute approximate surface area is 211 Å². The lowest BCUT2D eigenvalue weighted by atomic mass is 10.1. The number of benzene rings is 2. The van der Waals surface area contributed by atoms with Gasteiger partial charge in [-0.15, -0.1) is 0 Å². The number of amides is 2. The maximum absolute atomic E-state index is 13.4. The van der Waals surface area contributed by atoms with Gasteiger partial charge in [0.25, 0.3) is 5.91 Å². The normalized spacial score (nSPS) is 14.5. The number of hydrogen-bond donors (Lipinski definition) is 1. The summed E-state index contributed by atoms with van der Waals surface area (Å²) in [6.07, 6.45) is 5.71. The monoisotopic (exact) mass is 530 g/mol. The van der Waals surface area contributed by atoms with Gasteiger partial charge in [0.2, 0.25) is 5.91 Å². The molecule has 1 aliphatic rings. The lowest BCUT2D eigenvalue weighted by Crippen LogP contribution is -2.52. The molecule has 7 heteroatoms. The minimum absolute atomic E-state index is 0.0928. The van der Waals surface area contributed by atoms with Gasteiger partial charge in [0.1, 0.15) is 17.5 Å². The van der Waals surface area contributed by atoms with Crippen molar-refractivity contribution in [2.45, 2.75) is 71.0 Å². The second-order valence-corrected chi connectivity index (χ2v) is 9.55. The summed E-state index contributed by atoms with van der Waals surface area (Å²) in [6.45, 7) is 4.20. The van der Waals surface area contributed by atoms with E-state index in [0.717, 1.165) is 47.9 Å². The maximum Gasteiger partial charge on any atom is 0.261 e. The molecule has 1 aliphatic carbocycles. The minimum atomic E-state index is -0.565. The largest absolute Gasteiger partial charge is 0.497 e. The first-order valence-corrected chi connectivity index (χ1v) is 12.9. The molecule has 2 amide bonds. The molecule has 0 saturated heterocycles. The Balaban J connectivity index is 1.76. The van der Waals surface area contributed by atoms with Crippen LogP contribution in [-0.2, 0) is 22.6 Å². The van der Waals surface area contributed by atoms with Gasteiger partial charge < -0.3 is 19.7 Å². The molecule has 1 atom stereocenters. The van der Waals surface area contributed by atoms with E-state index in [-0.39, 0.29) is 24.5 Å². The molecule has 0 bridgehead atoms. The Morgan fingerprint density at radius 3 is 2.35 bits per heavy atom. The molecule has 0 radical (unpaired) electrons. The van der Waals surface area contributed by atoms with Crippen molar-refractivity contribution in [3.63, 3.8) is 0 Å². The number of rotatable bonds is 11. The Kier molecular flexibility index (Phi) is 9.81. The molecule has 0 aromatic heterocycles. The number of nitrogens with one attached hydrogen (secondary N) is 1. The van der Waals surface area contributed by atoms with E-state index in [1.807, 2.05) is 49.4 Å². The highest BCUT2D eigenvalue weighted by atomic mass is 79.9. The Morgan fingerprint density at radius 2 is 1.76 bits per heavy atom. The SMILES string of the molecule is CCc1ccc(OCC(=O)N(Cc2ccc(OC)cc2)[C@@H](CC)C(=O)NC2CCCC2)c(Br)c1. The summed E-state index contributed by atoms with van der Waals surface area (Å²) in [6, 6.07) is 13.1. The number of aryl methyl sites for hydroxylation is 1. The van der Waals surface area contributed by atoms with Crippen LogP contribution in [0.4, 0.5) is 0 Å². The molecular formula is C27H35BrN2O4. The van der Waals surface area contributed by atoms with E-state index in [0.29, 0.717) is 18.7 Å². The molecule has 1 N–H and O–H groups in total. The smallest absolute Gasteiger partial charge is 0.261 e. The second kappa shape index (κ2) is 12.8. The van der Waals surface area contributed by atoms with Crippen LogP contribution in [0.25, 0.3) is 0 Å². The Hall–Kier alpha value is -2.54. The van der Waals surface area contributed by atoms with Crippen molar-refractivity contribution >= 4 is 27.7 Å². The summed E-state index contributed by atoms with van der Waals surface area (Å²) in [4.78, 5) is 28.2. The average Bonchev–Trinajstić information content (AvgIpc) is 3.36. The molecule has 0 heterocycles. The fraction of sp³-hybridized carbons (Fsp3) is 0.481. The topological polar surface area (TPSA) is 67.9 Å². The van der Waals surface area contributed by atoms with Crippen molar-refractivity contribution in [1.82, 2.24) is 10.2 Å². The summed E-state index contributed by atoms with van der Waals surface area (Å²) in [5, 5.41) is 3.16. The second-order valence-electron chi connectivity index (χ2n) is 8.69. The van der Waals surface area contributed by atoms with Crippen molar-refractivity contribution < 1.29 is 19.1 Å². The van der Waals surface area contributed by atoms with Crippen molar-refractivity contribution in [2.24, 2.45) is 0 Å². The number of carbonyl (C=O) groups excluding carboxylic acids is 2. The average molecular weight is 531 g/mol. The Morgan fingerprint density at radius 1 is 1.09 bits per heavy atom. The Bertz CT molecular complexity index is 958. The minimum Gasteiger partial charge on any atom is -0.497 e. The number of hydrogen-bond acceptors (Lipinski definition) is 4. The number of carbonyl (C=O) groups is 2. The number of nitrogens with zero attached hydrogens (tertiary/aromatic N) is 1. The third kappa shape index (κ3) is 6.98. The standard InChI is InChI=1S/C27H35BrN2O4/c1-4-19-12-15-25(23(28)16-19)34-18-26(31)30(17-20-10-13-22(33-3)14-11-20)24(5-2)27(32)29-21-8-6-7-9-21/h10-16,21,24H,4-9,17-18H2,1-3H3,(H,29,32)/t24-/m0/s1. The zero-order valence-corrected chi connectivity index (χ0v) is 21.9. The fourth-order valence-corrected chi connectivity index (χ4v) is 4.86. The van der Waals surface area contributed by atoms with Gasteiger partial charge in [-0.05, 0) is 77.0 Å². The van der Waals surface area contributed by atoms with Crippen molar-refractivity contribution in [3.05, 3.63) is 58.1 Å². The lowest BCUT2D eigenvalue weighted by molar-refractivity contribution is -0.143. The molecule has 184 valence electrons. The van der Waals surface area contributed by atoms with E-state index in [1.54, 1.807) is 12.0 Å². The van der Waals surface area contributed by atoms with Crippen LogP contribution in [0.3, 0.4) is 0 Å². The van der Waals surface area contributed by atoms with E-state index in [4.69, 9.17) is 9.47 Å². The van der Waals surface area contributed by atoms with Crippen LogP contribution < -0.4 is 14.8 Å². The first-order valence-electron chi connectivity index (χ1n) is 12.1. The van der Waals surface area contributed by atoms with Crippen LogP contribution in [-0.4, -0.2) is 42.5 Å². The number of methoxy groups -OCH3 is 1. The van der Waals surface area contributed by atoms with E-state index < -0.39 is 6.04 Å². The molecule has 34 heavy (non-hydrogen) atoms. The number of ether oxygens (including phenoxy) is 2. The first-order chi connectivity index (χ1) is 16.4. The first kappa shape index (κ1) is 26.1. The molecule has 6 nitrogen and oxygen atoms in total. The van der Waals surface area contributed by atoms with Crippen molar-refractivity contribution in [3.8, 4) is 11.5 Å². The van der Waals surface area contributed by atoms with E-state index in [1.165, 1.54) is 5.56 Å². The van der Waals surface area contributed by atoms with Gasteiger partial charge in [0.05, 0.1) is 11.6 Å². The molecule has 0 aliphatic heterocycles. The van der Waals surface area contributed by atoms with Crippen molar-refractivity contribution in [2.75, 3.05) is 13.7 Å². The molecule has 3 rings (SSSR count). The quantitative estimate of drug-likeness (QED) is 0.429. The molecule has 0 unspecified atom stereocenters. The van der Waals surface area contributed by atoms with Gasteiger partial charge >= 0.3 is 0 Å². The van der Waals surface area contributed by atoms with Crippen LogP contribution >= 0.6 is 15.9 Å². The predicted molar refractivity (Wildman–Crippen MR) is 137 cm³/mol. The van der Waals surface area contributed by atoms with E-state index >= 15 is 0 Å². The summed E-state index contributed by atoms with van der Waals surface area (Å²) < 4.78 is 11.9. The lowest BCUT2D eigenvalue weighted by Gasteiger charge is -2.31. The summed E-state index contributed by atoms with van der Waals surface area (Å²) in [5.74, 6) is 1.04. The third-order valence-corrected chi connectivity index (χ3v) is 6.97. The van der Waals surface area contributed by atoms with Crippen LogP contribution in [0.1, 0.15) is 57.1 Å². The molecule has 0 spiro atoms. The van der Waals surface area contributed by atoms with Gasteiger partial charge in [0, 0.05) is 12.6 Å². The molecule has 2 aromatic carbocycles. The van der Waals surface area contributed by atoms with Crippen LogP contribution in [0, 0.1) is 0 Å². The molecule has 1 saturated carbocycles. The van der Waals surface area contributed by atoms with Crippen LogP contribution in [0.5, 0.6) is 11.5 Å². The molecular weight excluding hydrogens is 496 g/mol. The van der Waals surface area contributed by atoms with E-state index in [9.17, 15) is 9.59 Å².